The molecule has 2 rings (SSSR count). The van der Waals surface area contributed by atoms with Gasteiger partial charge in [-0.3, -0.25) is 0 Å². The predicted molar refractivity (Wildman–Crippen MR) is 61.6 cm³/mol. The van der Waals surface area contributed by atoms with Crippen LogP contribution in [0.25, 0.3) is 0 Å². The summed E-state index contributed by atoms with van der Waals surface area (Å²) in [7, 11) is 0. The van der Waals surface area contributed by atoms with E-state index in [1.807, 2.05) is 0 Å². The molecule has 0 fully saturated rings. The van der Waals surface area contributed by atoms with E-state index in [1.54, 1.807) is 19.1 Å². The van der Waals surface area contributed by atoms with E-state index in [2.05, 4.69) is 5.16 Å². The maximum Gasteiger partial charge on any atom is 0.343 e. The minimum atomic E-state index is -0.462. The van der Waals surface area contributed by atoms with E-state index in [0.29, 0.717) is 17.7 Å². The number of nitrogens with zero attached hydrogens (tertiary/aromatic N) is 1. The molecule has 1 aromatic heterocycles. The molecule has 4 nitrogen and oxygen atoms in total. The maximum absolute atomic E-state index is 12.7. The van der Waals surface area contributed by atoms with Gasteiger partial charge >= 0.3 is 5.97 Å². The van der Waals surface area contributed by atoms with Gasteiger partial charge in [0.1, 0.15) is 17.1 Å². The fourth-order valence-electron chi connectivity index (χ4n) is 1.49. The topological polar surface area (TPSA) is 52.3 Å². The van der Waals surface area contributed by atoms with E-state index in [9.17, 15) is 9.18 Å². The Morgan fingerprint density at radius 3 is 2.72 bits per heavy atom. The van der Waals surface area contributed by atoms with Crippen LogP contribution < -0.4 is 0 Å². The number of halogens is 1. The van der Waals surface area contributed by atoms with Gasteiger partial charge in [0.25, 0.3) is 0 Å². The van der Waals surface area contributed by atoms with Gasteiger partial charge in [0, 0.05) is 6.42 Å². The smallest absolute Gasteiger partial charge is 0.343 e. The lowest BCUT2D eigenvalue weighted by atomic mass is 10.2. The highest BCUT2D eigenvalue weighted by molar-refractivity contribution is 5.89. The molecule has 0 spiro atoms. The van der Waals surface area contributed by atoms with Crippen molar-refractivity contribution in [3.8, 4) is 0 Å². The van der Waals surface area contributed by atoms with Crippen LogP contribution in [0.3, 0.4) is 0 Å². The van der Waals surface area contributed by atoms with E-state index >= 15 is 0 Å². The zero-order valence-electron chi connectivity index (χ0n) is 9.85. The van der Waals surface area contributed by atoms with Gasteiger partial charge in [0.2, 0.25) is 0 Å². The van der Waals surface area contributed by atoms with Crippen molar-refractivity contribution >= 4 is 5.97 Å². The molecule has 0 aliphatic carbocycles. The SMILES string of the molecule is Cc1oncc1C(=O)OCCc1ccc(F)cc1. The molecule has 0 bridgehead atoms. The van der Waals surface area contributed by atoms with E-state index in [4.69, 9.17) is 9.26 Å². The number of ether oxygens (including phenoxy) is 1. The van der Waals surface area contributed by atoms with Gasteiger partial charge in [0.05, 0.1) is 12.8 Å². The third kappa shape index (κ3) is 2.94. The van der Waals surface area contributed by atoms with Crippen molar-refractivity contribution in [2.24, 2.45) is 0 Å². The average molecular weight is 249 g/mol. The van der Waals surface area contributed by atoms with Crippen LogP contribution in [0.15, 0.2) is 35.0 Å². The number of carbonyl (C=O) groups excluding carboxylic acids is 1. The molecule has 5 heteroatoms. The number of esters is 1. The van der Waals surface area contributed by atoms with Crippen molar-refractivity contribution < 1.29 is 18.4 Å². The number of hydrogen-bond acceptors (Lipinski definition) is 4. The van der Waals surface area contributed by atoms with Gasteiger partial charge in [-0.1, -0.05) is 17.3 Å². The first-order valence-corrected chi connectivity index (χ1v) is 5.49. The first-order valence-electron chi connectivity index (χ1n) is 5.49. The van der Waals surface area contributed by atoms with Crippen molar-refractivity contribution in [1.82, 2.24) is 5.16 Å². The van der Waals surface area contributed by atoms with Crippen LogP contribution in [0.1, 0.15) is 21.7 Å². The number of aromatic nitrogens is 1. The lowest BCUT2D eigenvalue weighted by Crippen LogP contribution is -2.08. The summed E-state index contributed by atoms with van der Waals surface area (Å²) in [6.45, 7) is 1.87. The molecule has 94 valence electrons. The number of benzene rings is 1. The maximum atomic E-state index is 12.7. The number of carbonyl (C=O) groups is 1. The second kappa shape index (κ2) is 5.44. The van der Waals surface area contributed by atoms with Crippen molar-refractivity contribution in [3.63, 3.8) is 0 Å². The van der Waals surface area contributed by atoms with Crippen LogP contribution in [0.5, 0.6) is 0 Å². The fourth-order valence-corrected chi connectivity index (χ4v) is 1.49. The van der Waals surface area contributed by atoms with Crippen molar-refractivity contribution in [2.45, 2.75) is 13.3 Å². The van der Waals surface area contributed by atoms with E-state index in [-0.39, 0.29) is 12.4 Å². The Bertz CT molecular complexity index is 533. The van der Waals surface area contributed by atoms with Crippen LogP contribution >= 0.6 is 0 Å². The molecule has 0 aliphatic rings. The van der Waals surface area contributed by atoms with Gasteiger partial charge in [0.15, 0.2) is 0 Å². The summed E-state index contributed by atoms with van der Waals surface area (Å²) in [5.74, 6) is -0.312. The average Bonchev–Trinajstić information content (AvgIpc) is 2.78. The lowest BCUT2D eigenvalue weighted by Gasteiger charge is -2.03. The Labute approximate surface area is 103 Å². The number of hydrogen-bond donors (Lipinski definition) is 0. The summed E-state index contributed by atoms with van der Waals surface area (Å²) in [6.07, 6.45) is 1.87. The monoisotopic (exact) mass is 249 g/mol. The molecule has 0 saturated carbocycles. The summed E-state index contributed by atoms with van der Waals surface area (Å²) in [4.78, 5) is 11.6. The van der Waals surface area contributed by atoms with Crippen LogP contribution in [-0.4, -0.2) is 17.7 Å². The second-order valence-corrected chi connectivity index (χ2v) is 3.81. The van der Waals surface area contributed by atoms with Crippen LogP contribution in [0.4, 0.5) is 4.39 Å². The third-order valence-electron chi connectivity index (χ3n) is 2.51. The Morgan fingerprint density at radius 1 is 1.39 bits per heavy atom. The standard InChI is InChI=1S/C13H12FNO3/c1-9-12(8-15-18-9)13(16)17-7-6-10-2-4-11(14)5-3-10/h2-5,8H,6-7H2,1H3. The minimum Gasteiger partial charge on any atom is -0.462 e. The zero-order chi connectivity index (χ0) is 13.0. The predicted octanol–water partition coefficient (Wildman–Crippen LogP) is 2.52. The van der Waals surface area contributed by atoms with Crippen molar-refractivity contribution in [3.05, 3.63) is 53.2 Å². The molecule has 0 unspecified atom stereocenters. The molecule has 0 saturated heterocycles. The van der Waals surface area contributed by atoms with Gasteiger partial charge in [-0.15, -0.1) is 0 Å². The van der Waals surface area contributed by atoms with Gasteiger partial charge in [-0.2, -0.15) is 0 Å². The summed E-state index contributed by atoms with van der Waals surface area (Å²) in [5, 5.41) is 3.50. The van der Waals surface area contributed by atoms with Crippen LogP contribution in [-0.2, 0) is 11.2 Å². The molecule has 0 N–H and O–H groups in total. The Balaban J connectivity index is 1.84. The summed E-state index contributed by atoms with van der Waals surface area (Å²) < 4.78 is 22.5. The van der Waals surface area contributed by atoms with Crippen LogP contribution in [0, 0.1) is 12.7 Å². The summed E-state index contributed by atoms with van der Waals surface area (Å²) >= 11 is 0. The molecule has 0 atom stereocenters. The highest BCUT2D eigenvalue weighted by Gasteiger charge is 2.13. The molecular formula is C13H12FNO3. The van der Waals surface area contributed by atoms with E-state index in [0.717, 1.165) is 5.56 Å². The molecule has 2 aromatic rings. The number of aryl methyl sites for hydroxylation is 1. The minimum absolute atomic E-state index is 0.231. The normalized spacial score (nSPS) is 10.3. The molecule has 1 heterocycles. The Kier molecular flexibility index (Phi) is 3.72. The first-order chi connectivity index (χ1) is 8.66. The summed E-state index contributed by atoms with van der Waals surface area (Å²) in [5.41, 5.74) is 1.24. The highest BCUT2D eigenvalue weighted by atomic mass is 19.1. The largest absolute Gasteiger partial charge is 0.462 e. The molecule has 0 aliphatic heterocycles. The third-order valence-corrected chi connectivity index (χ3v) is 2.51. The quantitative estimate of drug-likeness (QED) is 0.781. The summed E-state index contributed by atoms with van der Waals surface area (Å²) in [6, 6.07) is 6.07. The van der Waals surface area contributed by atoms with Gasteiger partial charge in [-0.25, -0.2) is 9.18 Å². The van der Waals surface area contributed by atoms with Gasteiger partial charge < -0.3 is 9.26 Å². The van der Waals surface area contributed by atoms with Crippen molar-refractivity contribution in [2.75, 3.05) is 6.61 Å². The Morgan fingerprint density at radius 2 is 2.11 bits per heavy atom. The zero-order valence-corrected chi connectivity index (χ0v) is 9.85. The molecule has 18 heavy (non-hydrogen) atoms. The van der Waals surface area contributed by atoms with Gasteiger partial charge in [-0.05, 0) is 24.6 Å². The Hall–Kier alpha value is -2.17. The highest BCUT2D eigenvalue weighted by Crippen LogP contribution is 2.08. The van der Waals surface area contributed by atoms with E-state index in [1.165, 1.54) is 18.3 Å². The van der Waals surface area contributed by atoms with E-state index < -0.39 is 5.97 Å². The fraction of sp³-hybridized carbons (Fsp3) is 0.231. The van der Waals surface area contributed by atoms with Crippen LogP contribution in [0.2, 0.25) is 0 Å². The molecule has 0 amide bonds. The molecular weight excluding hydrogens is 237 g/mol. The lowest BCUT2D eigenvalue weighted by molar-refractivity contribution is 0.0507. The van der Waals surface area contributed by atoms with Crippen molar-refractivity contribution in [1.29, 1.82) is 0 Å². The second-order valence-electron chi connectivity index (χ2n) is 3.81. The molecule has 1 aromatic carbocycles. The molecule has 0 radical (unpaired) electrons. The first kappa shape index (κ1) is 12.3. The number of rotatable bonds is 4.